The molecule has 11 fully saturated rings. The van der Waals surface area contributed by atoms with E-state index in [-0.39, 0.29) is 142 Å². The number of fused-ring (bicyclic) bond motifs is 1. The molecule has 2 radical (unpaired) electrons. The van der Waals surface area contributed by atoms with Gasteiger partial charge in [0, 0.05) is 199 Å². The van der Waals surface area contributed by atoms with Crippen molar-refractivity contribution < 1.29 is 147 Å². The summed E-state index contributed by atoms with van der Waals surface area (Å²) in [4.78, 5) is 67.6. The van der Waals surface area contributed by atoms with Gasteiger partial charge in [0.25, 0.3) is 29.5 Å². The van der Waals surface area contributed by atoms with Gasteiger partial charge in [0.2, 0.25) is 0 Å². The smallest absolute Gasteiger partial charge is 0.252 e. The van der Waals surface area contributed by atoms with Crippen molar-refractivity contribution in [3.8, 4) is 28.7 Å². The van der Waals surface area contributed by atoms with Gasteiger partial charge in [0.15, 0.2) is 0 Å². The third-order valence-corrected chi connectivity index (χ3v) is 38.9. The van der Waals surface area contributed by atoms with Crippen LogP contribution < -0.4 is 47.6 Å². The summed E-state index contributed by atoms with van der Waals surface area (Å²) >= 11 is 0. The molecule has 6 saturated carbocycles. The third-order valence-electron chi connectivity index (χ3n) is 38.9. The van der Waals surface area contributed by atoms with Gasteiger partial charge in [0.1, 0.15) is 83.1 Å². The number of nitrogens with zero attached hydrogens (tertiary/aromatic N) is 5. The number of carbonyl (C=O) groups excluding carboxylic acids is 5. The minimum absolute atomic E-state index is 0. The molecule has 9 aliphatic heterocycles. The van der Waals surface area contributed by atoms with E-state index in [0.29, 0.717) is 88.4 Å². The number of likely N-dealkylation sites (tertiary alicyclic amines) is 5. The molecule has 27 heteroatoms. The molecule has 0 aromatic heterocycles. The van der Waals surface area contributed by atoms with E-state index in [2.05, 4.69) is 104 Å². The summed E-state index contributed by atoms with van der Waals surface area (Å²) in [6.07, 6.45) is 33.9. The van der Waals surface area contributed by atoms with Crippen LogP contribution in [0.25, 0.3) is 0 Å². The Morgan fingerprint density at radius 3 is 1.44 bits per heavy atom. The minimum Gasteiger partial charge on any atom is -0.507 e. The number of methoxy groups -OCH3 is 2. The van der Waals surface area contributed by atoms with Crippen molar-refractivity contribution in [1.82, 2.24) is 14.7 Å². The van der Waals surface area contributed by atoms with Crippen molar-refractivity contribution in [2.24, 2.45) is 58.3 Å². The zero-order chi connectivity index (χ0) is 94.0. The molecule has 9 heterocycles. The van der Waals surface area contributed by atoms with Crippen LogP contribution in [-0.2, 0) is 134 Å². The van der Waals surface area contributed by atoms with Crippen LogP contribution in [0, 0.1) is 29.6 Å². The minimum atomic E-state index is -0.901. The first-order valence-corrected chi connectivity index (χ1v) is 50.1. The van der Waals surface area contributed by atoms with E-state index >= 15 is 0 Å². The molecule has 5 aromatic carbocycles. The largest absolute Gasteiger partial charge is 0.507 e. The number of primary amides is 5. The van der Waals surface area contributed by atoms with E-state index in [1.807, 2.05) is 42.5 Å². The van der Waals surface area contributed by atoms with Crippen LogP contribution in [0.15, 0.2) is 147 Å². The van der Waals surface area contributed by atoms with E-state index in [1.54, 1.807) is 26.4 Å². The Kier molecular flexibility index (Phi) is 23.6. The second-order valence-corrected chi connectivity index (χ2v) is 45.3. The summed E-state index contributed by atoms with van der Waals surface area (Å²) in [6, 6.07) is 20.4. The number of amides is 5. The quantitative estimate of drug-likeness (QED) is 0.0309. The number of aromatic hydroxyl groups is 1. The summed E-state index contributed by atoms with van der Waals surface area (Å²) in [7, 11) is 8.16. The number of hydrogen-bond donors (Lipinski definition) is 9. The number of benzene rings is 5. The Hall–Kier alpha value is -7.56. The predicted octanol–water partition coefficient (Wildman–Crippen LogP) is 9.94. The second-order valence-electron chi connectivity index (χ2n) is 45.3. The SMILES string of the molecule is C=C1CCC2(O)C3Cc4ccc(C(N)=O)c(O)c4C2(CCN3CC2CC2)C1.C=C1CCC2(O)C3Cc4ccc(C(N)=O)c5c4C2(CCN3CC2CC2)C1O5.C=C1CCC2(O)C3Cc4ccc(C(N)=O)c5c4C2(CC[N+]3(C)CC2CC2)C1O5.C=CCN1CCC23c4c5ccc(C(N)=O)c4OC2C(OC)C=CC3C1C5.C=CC[N+]1(C)CCC23c4c5ccc(C(N)=O)c4OC2C(OC)C=CC3C1C5.[Y].[Y]. The number of carbonyl (C=O) groups is 5. The molecule has 14 N–H and O–H groups in total. The van der Waals surface area contributed by atoms with Gasteiger partial charge in [-0.25, -0.2) is 0 Å². The van der Waals surface area contributed by atoms with Gasteiger partial charge in [-0.05, 0) is 229 Å². The molecule has 23 atom stereocenters. The van der Waals surface area contributed by atoms with Crippen molar-refractivity contribution in [2.45, 2.75) is 258 Å². The van der Waals surface area contributed by atoms with Gasteiger partial charge in [-0.3, -0.25) is 38.7 Å². The number of piperidine rings is 5. The van der Waals surface area contributed by atoms with E-state index in [4.69, 9.17) is 57.1 Å². The Bertz CT molecular complexity index is 6060. The molecule has 27 rings (SSSR count). The van der Waals surface area contributed by atoms with Crippen LogP contribution in [0.3, 0.4) is 0 Å². The van der Waals surface area contributed by atoms with Crippen LogP contribution >= 0.6 is 0 Å². The van der Waals surface area contributed by atoms with Crippen molar-refractivity contribution in [2.75, 3.05) is 93.8 Å². The fourth-order valence-corrected chi connectivity index (χ4v) is 32.4. The monoisotopic (exact) mass is 2010 g/mol. The fraction of sp³-hybridized carbons (Fsp3) is 0.555. The number of hydrogen-bond acceptors (Lipinski definition) is 18. The van der Waals surface area contributed by atoms with E-state index in [9.17, 15) is 44.4 Å². The first kappa shape index (κ1) is 95.6. The summed E-state index contributed by atoms with van der Waals surface area (Å²) in [6.45, 7) is 30.9. The molecule has 25 nitrogen and oxygen atoms in total. The van der Waals surface area contributed by atoms with Gasteiger partial charge in [-0.2, -0.15) is 0 Å². The Balaban J connectivity index is 0.000000102. The maximum Gasteiger partial charge on any atom is 0.252 e. The van der Waals surface area contributed by atoms with Gasteiger partial charge in [-0.15, -0.1) is 6.58 Å². The van der Waals surface area contributed by atoms with Gasteiger partial charge >= 0.3 is 0 Å². The Morgan fingerprint density at radius 2 is 0.920 bits per heavy atom. The maximum absolute atomic E-state index is 12.4. The molecule has 718 valence electrons. The molecule has 137 heavy (non-hydrogen) atoms. The van der Waals surface area contributed by atoms with Crippen molar-refractivity contribution >= 4 is 29.5 Å². The third kappa shape index (κ3) is 13.5. The molecule has 4 spiro atoms. The van der Waals surface area contributed by atoms with Crippen LogP contribution in [0.1, 0.15) is 223 Å². The standard InChI is InChI=1S/C23H28N2O3.2C22H26N2O3.C22H28N2O3.C21H24N2O3.2Y/c1-13-7-8-23(27)17-11-15-5-6-16(21(24)26)19-18(15)22(23,20(13)28-19)9-10-25(17,2)12-14-3-4-14;1-12-6-7-22(26)16-10-14-4-5-15(20(23)25)18-17(14)21(22,19(12)27-18)8-9-24(16)11-13-2-3-13;1-4-10-24(2)11-9-22-15-7-8-17(26-3)20(22)27-19-14(21(23)25)6-5-13(18(19)22)12-16(15)24;1-13-6-7-22(27)17-10-15-4-5-16(20(23)26)19(25)18(15)21(22,11-13)8-9-24(17)12-14-2-3-14;1-3-9-23-10-8-21-14-6-7-16(25-2)19(21)26-18-13(20(22)24)5-4-12(17(18)21)11-15(14)23;;/h5-6,14,17,20,27H,1,3-4,7-12H2,2H3,(H-,24,26);4-5,13,16,19,26H,1-3,6-11H2,(H2,23,25);4-8,15-17,20H,1,9-12H2,2-3H3,(H-,23,25);4-5,14,17,25,27H,1-3,6-12H2,(H2,23,26);3-7,14-16,19H,1,8-11H2,2H3,(H2,22,24);;/p+2. The Labute approximate surface area is 853 Å². The van der Waals surface area contributed by atoms with Gasteiger partial charge in [-0.1, -0.05) is 92.6 Å². The summed E-state index contributed by atoms with van der Waals surface area (Å²) in [5.41, 5.74) is 40.4. The van der Waals surface area contributed by atoms with Crippen LogP contribution in [0.4, 0.5) is 0 Å². The average Bonchev–Trinajstić information content (AvgIpc) is 1.50. The number of aliphatic hydroxyl groups is 3. The summed E-state index contributed by atoms with van der Waals surface area (Å²) < 4.78 is 39.3. The molecule has 5 amide bonds. The molecule has 22 aliphatic rings. The molecule has 5 aromatic rings. The van der Waals surface area contributed by atoms with E-state index in [1.165, 1.54) is 71.9 Å². The van der Waals surface area contributed by atoms with Crippen molar-refractivity contribution in [3.63, 3.8) is 0 Å². The summed E-state index contributed by atoms with van der Waals surface area (Å²) in [5, 5.41) is 47.6. The normalized spacial score (nSPS) is 38.2. The fourth-order valence-electron chi connectivity index (χ4n) is 32.4. The van der Waals surface area contributed by atoms with Crippen LogP contribution in [0.2, 0.25) is 0 Å². The van der Waals surface area contributed by atoms with Gasteiger partial charge < -0.3 is 86.5 Å². The number of ether oxygens (including phenoxy) is 6. The zero-order valence-electron chi connectivity index (χ0n) is 79.9. The van der Waals surface area contributed by atoms with Crippen molar-refractivity contribution in [3.05, 3.63) is 230 Å². The Morgan fingerprint density at radius 1 is 0.474 bits per heavy atom. The molecule has 5 saturated heterocycles. The summed E-state index contributed by atoms with van der Waals surface area (Å²) in [5.74, 6) is 3.30. The predicted molar refractivity (Wildman–Crippen MR) is 510 cm³/mol. The van der Waals surface area contributed by atoms with E-state index in [0.717, 1.165) is 221 Å². The molecule has 23 unspecified atom stereocenters. The van der Waals surface area contributed by atoms with Crippen LogP contribution in [0.5, 0.6) is 28.7 Å². The molecular formula is C110H134N10O15Y2+2. The van der Waals surface area contributed by atoms with Gasteiger partial charge in [0.05, 0.1) is 95.5 Å². The molecule has 13 aliphatic carbocycles. The number of phenols is 1. The first-order valence-electron chi connectivity index (χ1n) is 50.1. The van der Waals surface area contributed by atoms with Crippen molar-refractivity contribution in [1.29, 1.82) is 0 Å². The average molecular weight is 2010 g/mol. The molecular weight excluding hydrogens is 1880 g/mol. The van der Waals surface area contributed by atoms with E-state index < -0.39 is 62.6 Å². The first-order chi connectivity index (χ1) is 64.7. The maximum atomic E-state index is 12.4. The number of allylic oxidation sites excluding steroid dienone is 1. The second kappa shape index (κ2) is 33.8. The topological polar surface area (TPSA) is 361 Å². The van der Waals surface area contributed by atoms with Crippen LogP contribution in [-0.4, -0.2) is 251 Å². The number of rotatable bonds is 17. The number of likely N-dealkylation sites (N-methyl/N-ethyl adjacent to an activating group) is 2. The number of quaternary nitrogens is 2. The molecule has 10 bridgehead atoms. The number of nitrogens with two attached hydrogens (primary N) is 5. The zero-order valence-corrected chi connectivity index (χ0v) is 85.6.